The third kappa shape index (κ3) is 2.36. The van der Waals surface area contributed by atoms with Gasteiger partial charge < -0.3 is 0 Å². The van der Waals surface area contributed by atoms with Gasteiger partial charge in [-0.2, -0.15) is 5.10 Å². The quantitative estimate of drug-likeness (QED) is 0.486. The number of aromatic nitrogens is 3. The van der Waals surface area contributed by atoms with Crippen molar-refractivity contribution in [3.05, 3.63) is 64.8 Å². The van der Waals surface area contributed by atoms with Gasteiger partial charge in [0.05, 0.1) is 11.9 Å². The van der Waals surface area contributed by atoms with Crippen LogP contribution in [0.1, 0.15) is 5.56 Å². The van der Waals surface area contributed by atoms with Crippen LogP contribution >= 0.6 is 27.3 Å². The number of hydrogen-bond donors (Lipinski definition) is 0. The Hall–Kier alpha value is -1.98. The summed E-state index contributed by atoms with van der Waals surface area (Å²) in [4.78, 5) is 5.61. The lowest BCUT2D eigenvalue weighted by atomic mass is 10.1. The van der Waals surface area contributed by atoms with E-state index in [9.17, 15) is 0 Å². The molecule has 2 heterocycles. The Morgan fingerprint density at radius 1 is 1.05 bits per heavy atom. The molecule has 0 aliphatic carbocycles. The van der Waals surface area contributed by atoms with Crippen molar-refractivity contribution in [1.82, 2.24) is 14.6 Å². The third-order valence-electron chi connectivity index (χ3n) is 3.56. The number of halogens is 1. The first-order valence-electron chi connectivity index (χ1n) is 6.89. The van der Waals surface area contributed by atoms with Gasteiger partial charge in [-0.25, -0.2) is 9.50 Å². The summed E-state index contributed by atoms with van der Waals surface area (Å²) in [6, 6.07) is 16.4. The summed E-state index contributed by atoms with van der Waals surface area (Å²) in [5.41, 5.74) is 4.44. The molecule has 22 heavy (non-hydrogen) atoms. The second kappa shape index (κ2) is 5.34. The maximum atomic E-state index is 4.69. The highest BCUT2D eigenvalue weighted by Gasteiger charge is 2.12. The van der Waals surface area contributed by atoms with E-state index in [1.165, 1.54) is 11.1 Å². The molecular formula is C17H12BrN3S. The van der Waals surface area contributed by atoms with Gasteiger partial charge >= 0.3 is 0 Å². The molecule has 0 atom stereocenters. The minimum absolute atomic E-state index is 0.913. The molecule has 3 nitrogen and oxygen atoms in total. The molecule has 4 aromatic rings. The number of aryl methyl sites for hydroxylation is 1. The van der Waals surface area contributed by atoms with Crippen LogP contribution in [-0.2, 0) is 0 Å². The van der Waals surface area contributed by atoms with Crippen LogP contribution in [0, 0.1) is 6.92 Å². The fourth-order valence-corrected chi connectivity index (χ4v) is 3.62. The summed E-state index contributed by atoms with van der Waals surface area (Å²) in [5.74, 6) is 0. The Morgan fingerprint density at radius 2 is 1.82 bits per heavy atom. The highest BCUT2D eigenvalue weighted by molar-refractivity contribution is 9.10. The van der Waals surface area contributed by atoms with Crippen LogP contribution < -0.4 is 0 Å². The van der Waals surface area contributed by atoms with Crippen molar-refractivity contribution in [2.24, 2.45) is 0 Å². The Labute approximate surface area is 140 Å². The first-order chi connectivity index (χ1) is 10.7. The topological polar surface area (TPSA) is 30.2 Å². The Morgan fingerprint density at radius 3 is 2.55 bits per heavy atom. The molecule has 0 amide bonds. The second-order valence-electron chi connectivity index (χ2n) is 5.08. The lowest BCUT2D eigenvalue weighted by Gasteiger charge is -1.99. The van der Waals surface area contributed by atoms with Crippen molar-refractivity contribution < 1.29 is 0 Å². The summed E-state index contributed by atoms with van der Waals surface area (Å²) in [6.07, 6.45) is 1.98. The molecule has 0 spiro atoms. The number of benzene rings is 2. The maximum absolute atomic E-state index is 4.69. The molecule has 108 valence electrons. The fourth-order valence-electron chi connectivity index (χ4n) is 2.38. The van der Waals surface area contributed by atoms with E-state index in [1.807, 2.05) is 35.0 Å². The van der Waals surface area contributed by atoms with Crippen LogP contribution in [0.3, 0.4) is 0 Å². The van der Waals surface area contributed by atoms with Gasteiger partial charge in [0.1, 0.15) is 5.01 Å². The van der Waals surface area contributed by atoms with E-state index < -0.39 is 0 Å². The summed E-state index contributed by atoms with van der Waals surface area (Å²) in [7, 11) is 0. The smallest absolute Gasteiger partial charge is 0.213 e. The molecule has 0 fully saturated rings. The van der Waals surface area contributed by atoms with Gasteiger partial charge in [0.2, 0.25) is 4.96 Å². The first-order valence-corrected chi connectivity index (χ1v) is 8.50. The van der Waals surface area contributed by atoms with Crippen molar-refractivity contribution in [1.29, 1.82) is 0 Å². The number of nitrogens with zero attached hydrogens (tertiary/aromatic N) is 3. The number of fused-ring (bicyclic) bond motifs is 1. The Balaban J connectivity index is 1.77. The van der Waals surface area contributed by atoms with Gasteiger partial charge in [0, 0.05) is 15.6 Å². The highest BCUT2D eigenvalue weighted by atomic mass is 79.9. The zero-order valence-electron chi connectivity index (χ0n) is 11.8. The predicted molar refractivity (Wildman–Crippen MR) is 94.2 cm³/mol. The normalized spacial score (nSPS) is 11.2. The van der Waals surface area contributed by atoms with Crippen molar-refractivity contribution in [2.45, 2.75) is 6.92 Å². The van der Waals surface area contributed by atoms with Gasteiger partial charge in [-0.1, -0.05) is 63.7 Å². The molecule has 0 unspecified atom stereocenters. The highest BCUT2D eigenvalue weighted by Crippen LogP contribution is 2.30. The van der Waals surface area contributed by atoms with Crippen LogP contribution in [0.15, 0.2) is 59.2 Å². The lowest BCUT2D eigenvalue weighted by molar-refractivity contribution is 0.978. The molecule has 2 aromatic carbocycles. The van der Waals surface area contributed by atoms with Gasteiger partial charge in [-0.05, 0) is 24.6 Å². The predicted octanol–water partition coefficient (Wildman–Crippen LogP) is 5.20. The average Bonchev–Trinajstić information content (AvgIpc) is 3.07. The maximum Gasteiger partial charge on any atom is 0.213 e. The van der Waals surface area contributed by atoms with E-state index in [4.69, 9.17) is 4.98 Å². The van der Waals surface area contributed by atoms with Crippen LogP contribution in [0.4, 0.5) is 0 Å². The van der Waals surface area contributed by atoms with E-state index in [1.54, 1.807) is 11.3 Å². The minimum Gasteiger partial charge on any atom is -0.217 e. The van der Waals surface area contributed by atoms with E-state index in [2.05, 4.69) is 52.2 Å². The average molecular weight is 370 g/mol. The molecule has 0 radical (unpaired) electrons. The van der Waals surface area contributed by atoms with Crippen LogP contribution in [0.5, 0.6) is 0 Å². The first kappa shape index (κ1) is 13.7. The number of rotatable bonds is 2. The minimum atomic E-state index is 0.913. The van der Waals surface area contributed by atoms with Crippen LogP contribution in [0.2, 0.25) is 0 Å². The van der Waals surface area contributed by atoms with Crippen LogP contribution in [-0.4, -0.2) is 14.6 Å². The lowest BCUT2D eigenvalue weighted by Crippen LogP contribution is -1.85. The summed E-state index contributed by atoms with van der Waals surface area (Å²) >= 11 is 5.07. The van der Waals surface area contributed by atoms with Gasteiger partial charge in [-0.15, -0.1) is 0 Å². The van der Waals surface area contributed by atoms with E-state index in [-0.39, 0.29) is 0 Å². The van der Waals surface area contributed by atoms with Gasteiger partial charge in [-0.3, -0.25) is 0 Å². The molecule has 0 aliphatic rings. The van der Waals surface area contributed by atoms with Gasteiger partial charge in [0.25, 0.3) is 0 Å². The van der Waals surface area contributed by atoms with E-state index in [0.29, 0.717) is 0 Å². The molecule has 2 aromatic heterocycles. The van der Waals surface area contributed by atoms with E-state index >= 15 is 0 Å². The molecule has 0 aliphatic heterocycles. The third-order valence-corrected chi connectivity index (χ3v) is 5.04. The Kier molecular flexibility index (Phi) is 3.32. The standard InChI is InChI=1S/C17H12BrN3S/c1-11-4-2-3-5-14(11)16-20-21-10-15(19-17(21)22-16)12-6-8-13(18)9-7-12/h2-10H,1H3. The van der Waals surface area contributed by atoms with Crippen molar-refractivity contribution in [3.63, 3.8) is 0 Å². The van der Waals surface area contributed by atoms with E-state index in [0.717, 1.165) is 25.7 Å². The Bertz CT molecular complexity index is 922. The zero-order chi connectivity index (χ0) is 15.1. The summed E-state index contributed by atoms with van der Waals surface area (Å²) in [6.45, 7) is 2.10. The molecule has 4 rings (SSSR count). The summed E-state index contributed by atoms with van der Waals surface area (Å²) < 4.78 is 2.93. The number of imidazole rings is 1. The molecule has 0 saturated carbocycles. The number of hydrogen-bond acceptors (Lipinski definition) is 3. The molecule has 0 N–H and O–H groups in total. The molecular weight excluding hydrogens is 358 g/mol. The zero-order valence-corrected chi connectivity index (χ0v) is 14.2. The fraction of sp³-hybridized carbons (Fsp3) is 0.0588. The van der Waals surface area contributed by atoms with Gasteiger partial charge in [0.15, 0.2) is 0 Å². The monoisotopic (exact) mass is 369 g/mol. The SMILES string of the molecule is Cc1ccccc1-c1nn2cc(-c3ccc(Br)cc3)nc2s1. The van der Waals surface area contributed by atoms with Crippen molar-refractivity contribution in [2.75, 3.05) is 0 Å². The van der Waals surface area contributed by atoms with Crippen LogP contribution in [0.25, 0.3) is 26.8 Å². The van der Waals surface area contributed by atoms with Crippen molar-refractivity contribution in [3.8, 4) is 21.8 Å². The summed E-state index contributed by atoms with van der Waals surface area (Å²) in [5, 5.41) is 5.67. The molecule has 5 heteroatoms. The molecule has 0 bridgehead atoms. The molecule has 0 saturated heterocycles. The second-order valence-corrected chi connectivity index (χ2v) is 6.95. The largest absolute Gasteiger partial charge is 0.217 e. The van der Waals surface area contributed by atoms with Crippen molar-refractivity contribution >= 4 is 32.2 Å².